The van der Waals surface area contributed by atoms with Crippen LogP contribution in [0.25, 0.3) is 0 Å². The summed E-state index contributed by atoms with van der Waals surface area (Å²) in [7, 11) is 0. The molecule has 0 aromatic heterocycles. The molecule has 1 atom stereocenters. The fourth-order valence-electron chi connectivity index (χ4n) is 2.39. The number of nitrogens with one attached hydrogen (secondary N) is 1. The van der Waals surface area contributed by atoms with E-state index >= 15 is 0 Å². The van der Waals surface area contributed by atoms with Gasteiger partial charge in [0.05, 0.1) is 12.7 Å². The van der Waals surface area contributed by atoms with Crippen molar-refractivity contribution in [3.05, 3.63) is 11.6 Å². The van der Waals surface area contributed by atoms with Crippen molar-refractivity contribution in [2.45, 2.75) is 64.4 Å². The molecule has 0 aromatic carbocycles. The molecule has 0 radical (unpaired) electrons. The predicted octanol–water partition coefficient (Wildman–Crippen LogP) is 3.03. The van der Waals surface area contributed by atoms with Crippen LogP contribution in [0.2, 0.25) is 0 Å². The monoisotopic (exact) mass is 269 g/mol. The average molecular weight is 269 g/mol. The Kier molecular flexibility index (Phi) is 10.0. The lowest BCUT2D eigenvalue weighted by molar-refractivity contribution is 0.0356. The molecule has 0 saturated carbocycles. The molecule has 0 aromatic rings. The first-order chi connectivity index (χ1) is 9.33. The highest BCUT2D eigenvalue weighted by atomic mass is 16.5. The first-order valence-corrected chi connectivity index (χ1v) is 7.97. The Balaban J connectivity index is 1.83. The lowest BCUT2D eigenvalue weighted by Crippen LogP contribution is -2.31. The van der Waals surface area contributed by atoms with Gasteiger partial charge in [0.2, 0.25) is 0 Å². The highest BCUT2D eigenvalue weighted by molar-refractivity contribution is 5.07. The summed E-state index contributed by atoms with van der Waals surface area (Å²) in [6, 6.07) is 0. The predicted molar refractivity (Wildman–Crippen MR) is 80.4 cm³/mol. The molecule has 3 nitrogen and oxygen atoms in total. The van der Waals surface area contributed by atoms with Crippen molar-refractivity contribution in [2.75, 3.05) is 26.3 Å². The van der Waals surface area contributed by atoms with E-state index in [4.69, 9.17) is 4.74 Å². The summed E-state index contributed by atoms with van der Waals surface area (Å²) in [6.45, 7) is 5.06. The first-order valence-electron chi connectivity index (χ1n) is 7.97. The molecule has 1 aliphatic carbocycles. The number of hydrogen-bond donors (Lipinski definition) is 2. The SMILES string of the molecule is CCCCCCOCC(O)CNCCC1=CCCC1. The lowest BCUT2D eigenvalue weighted by atomic mass is 10.2. The summed E-state index contributed by atoms with van der Waals surface area (Å²) in [5, 5.41) is 13.0. The molecule has 19 heavy (non-hydrogen) atoms. The molecule has 0 heterocycles. The molecular formula is C16H31NO2. The van der Waals surface area contributed by atoms with Crippen LogP contribution >= 0.6 is 0 Å². The Morgan fingerprint density at radius 1 is 1.37 bits per heavy atom. The number of unbranched alkanes of at least 4 members (excludes halogenated alkanes) is 3. The fraction of sp³-hybridized carbons (Fsp3) is 0.875. The minimum Gasteiger partial charge on any atom is -0.389 e. The summed E-state index contributed by atoms with van der Waals surface area (Å²) < 4.78 is 5.47. The third kappa shape index (κ3) is 9.20. The van der Waals surface area contributed by atoms with E-state index in [1.165, 1.54) is 38.5 Å². The molecule has 1 unspecified atom stereocenters. The number of hydrogen-bond acceptors (Lipinski definition) is 3. The van der Waals surface area contributed by atoms with Gasteiger partial charge in [-0.15, -0.1) is 0 Å². The van der Waals surface area contributed by atoms with E-state index in [0.29, 0.717) is 13.2 Å². The van der Waals surface area contributed by atoms with Crippen molar-refractivity contribution in [3.63, 3.8) is 0 Å². The third-order valence-electron chi connectivity index (χ3n) is 3.59. The average Bonchev–Trinajstić information content (AvgIpc) is 2.92. The summed E-state index contributed by atoms with van der Waals surface area (Å²) in [4.78, 5) is 0. The Morgan fingerprint density at radius 3 is 3.00 bits per heavy atom. The maximum absolute atomic E-state index is 9.74. The molecule has 0 bridgehead atoms. The van der Waals surface area contributed by atoms with Gasteiger partial charge in [0.1, 0.15) is 0 Å². The second-order valence-electron chi connectivity index (χ2n) is 5.50. The summed E-state index contributed by atoms with van der Waals surface area (Å²) in [6.07, 6.45) is 11.8. The normalized spacial score (nSPS) is 16.6. The van der Waals surface area contributed by atoms with Crippen LogP contribution in [-0.2, 0) is 4.74 Å². The van der Waals surface area contributed by atoms with Gasteiger partial charge in [0.25, 0.3) is 0 Å². The summed E-state index contributed by atoms with van der Waals surface area (Å²) in [5.41, 5.74) is 1.58. The van der Waals surface area contributed by atoms with E-state index in [9.17, 15) is 5.11 Å². The Hall–Kier alpha value is -0.380. The number of rotatable bonds is 12. The molecule has 0 spiro atoms. The van der Waals surface area contributed by atoms with Crippen molar-refractivity contribution >= 4 is 0 Å². The van der Waals surface area contributed by atoms with Crippen LogP contribution in [-0.4, -0.2) is 37.5 Å². The fourth-order valence-corrected chi connectivity index (χ4v) is 2.39. The lowest BCUT2D eigenvalue weighted by Gasteiger charge is -2.12. The van der Waals surface area contributed by atoms with Crippen molar-refractivity contribution < 1.29 is 9.84 Å². The highest BCUT2D eigenvalue weighted by Gasteiger charge is 2.06. The Labute approximate surface area is 118 Å². The molecule has 3 heteroatoms. The molecule has 0 saturated heterocycles. The number of aliphatic hydroxyl groups is 1. The van der Waals surface area contributed by atoms with Crippen LogP contribution in [0, 0.1) is 0 Å². The topological polar surface area (TPSA) is 41.5 Å². The molecule has 0 fully saturated rings. The van der Waals surface area contributed by atoms with Crippen LogP contribution in [0.15, 0.2) is 11.6 Å². The van der Waals surface area contributed by atoms with Crippen LogP contribution in [0.3, 0.4) is 0 Å². The first kappa shape index (κ1) is 16.7. The van der Waals surface area contributed by atoms with E-state index in [2.05, 4.69) is 18.3 Å². The molecular weight excluding hydrogens is 238 g/mol. The minimum atomic E-state index is -0.372. The van der Waals surface area contributed by atoms with Gasteiger partial charge in [-0.2, -0.15) is 0 Å². The van der Waals surface area contributed by atoms with E-state index in [0.717, 1.165) is 26.0 Å². The number of ether oxygens (including phenoxy) is 1. The van der Waals surface area contributed by atoms with Crippen molar-refractivity contribution in [3.8, 4) is 0 Å². The van der Waals surface area contributed by atoms with Gasteiger partial charge in [-0.1, -0.05) is 37.8 Å². The largest absolute Gasteiger partial charge is 0.389 e. The summed E-state index contributed by atoms with van der Waals surface area (Å²) in [5.74, 6) is 0. The van der Waals surface area contributed by atoms with Gasteiger partial charge in [0, 0.05) is 13.2 Å². The third-order valence-corrected chi connectivity index (χ3v) is 3.59. The van der Waals surface area contributed by atoms with Gasteiger partial charge in [-0.25, -0.2) is 0 Å². The van der Waals surface area contributed by atoms with Crippen LogP contribution < -0.4 is 5.32 Å². The molecule has 0 amide bonds. The second kappa shape index (κ2) is 11.4. The summed E-state index contributed by atoms with van der Waals surface area (Å²) >= 11 is 0. The zero-order chi connectivity index (χ0) is 13.8. The molecule has 2 N–H and O–H groups in total. The van der Waals surface area contributed by atoms with Gasteiger partial charge in [-0.05, 0) is 38.6 Å². The van der Waals surface area contributed by atoms with Crippen molar-refractivity contribution in [2.24, 2.45) is 0 Å². The van der Waals surface area contributed by atoms with Gasteiger partial charge >= 0.3 is 0 Å². The van der Waals surface area contributed by atoms with Crippen LogP contribution in [0.4, 0.5) is 0 Å². The smallest absolute Gasteiger partial charge is 0.0897 e. The maximum atomic E-state index is 9.74. The van der Waals surface area contributed by atoms with Gasteiger partial charge < -0.3 is 15.2 Å². The molecule has 1 rings (SSSR count). The number of aliphatic hydroxyl groups excluding tert-OH is 1. The Bertz CT molecular complexity index is 241. The van der Waals surface area contributed by atoms with Gasteiger partial charge in [0.15, 0.2) is 0 Å². The highest BCUT2D eigenvalue weighted by Crippen LogP contribution is 2.19. The van der Waals surface area contributed by atoms with Crippen molar-refractivity contribution in [1.29, 1.82) is 0 Å². The minimum absolute atomic E-state index is 0.372. The second-order valence-corrected chi connectivity index (χ2v) is 5.50. The zero-order valence-corrected chi connectivity index (χ0v) is 12.5. The van der Waals surface area contributed by atoms with E-state index < -0.39 is 0 Å². The number of allylic oxidation sites excluding steroid dienone is 1. The van der Waals surface area contributed by atoms with Crippen molar-refractivity contribution in [1.82, 2.24) is 5.32 Å². The maximum Gasteiger partial charge on any atom is 0.0897 e. The van der Waals surface area contributed by atoms with E-state index in [1.807, 2.05) is 0 Å². The standard InChI is InChI=1S/C16H31NO2/c1-2-3-4-7-12-19-14-16(18)13-17-11-10-15-8-5-6-9-15/h8,16-18H,2-7,9-14H2,1H3. The van der Waals surface area contributed by atoms with E-state index in [-0.39, 0.29) is 6.10 Å². The van der Waals surface area contributed by atoms with Crippen LogP contribution in [0.5, 0.6) is 0 Å². The Morgan fingerprint density at radius 2 is 2.26 bits per heavy atom. The molecule has 112 valence electrons. The molecule has 0 aliphatic heterocycles. The quantitative estimate of drug-likeness (QED) is 0.423. The van der Waals surface area contributed by atoms with E-state index in [1.54, 1.807) is 5.57 Å². The van der Waals surface area contributed by atoms with Crippen LogP contribution in [0.1, 0.15) is 58.3 Å². The zero-order valence-electron chi connectivity index (χ0n) is 12.5. The molecule has 1 aliphatic rings. The van der Waals surface area contributed by atoms with Gasteiger partial charge in [-0.3, -0.25) is 0 Å².